The molecule has 7 heteroatoms. The summed E-state index contributed by atoms with van der Waals surface area (Å²) >= 11 is 0. The second kappa shape index (κ2) is 8.73. The minimum Gasteiger partial charge on any atom is -0.481 e. The Morgan fingerprint density at radius 1 is 1.00 bits per heavy atom. The molecule has 3 N–H and O–H groups in total. The van der Waals surface area contributed by atoms with Crippen LogP contribution in [-0.2, 0) is 14.3 Å². The van der Waals surface area contributed by atoms with Crippen LogP contribution >= 0.6 is 0 Å². The van der Waals surface area contributed by atoms with E-state index in [1.807, 2.05) is 30.3 Å². The van der Waals surface area contributed by atoms with E-state index in [1.165, 1.54) is 11.1 Å². The third-order valence-corrected chi connectivity index (χ3v) is 6.84. The number of aliphatic carboxylic acids is 1. The molecule has 170 valence electrons. The average molecular weight is 447 g/mol. The highest BCUT2D eigenvalue weighted by Crippen LogP contribution is 2.44. The largest absolute Gasteiger partial charge is 0.481 e. The molecule has 1 fully saturated rings. The summed E-state index contributed by atoms with van der Waals surface area (Å²) in [5.74, 6) is -1.32. The van der Waals surface area contributed by atoms with Gasteiger partial charge in [-0.25, -0.2) is 4.79 Å². The summed E-state index contributed by atoms with van der Waals surface area (Å²) in [6, 6.07) is 16.2. The number of benzene rings is 2. The van der Waals surface area contributed by atoms with Gasteiger partial charge in [-0.2, -0.15) is 0 Å². The Morgan fingerprint density at radius 3 is 2.30 bits per heavy atom. The lowest BCUT2D eigenvalue weighted by molar-refractivity contribution is -0.139. The lowest BCUT2D eigenvalue weighted by atomic mass is 9.98. The van der Waals surface area contributed by atoms with Crippen molar-refractivity contribution in [2.45, 2.75) is 31.2 Å². The molecule has 3 aliphatic rings. The number of amides is 2. The molecule has 3 atom stereocenters. The van der Waals surface area contributed by atoms with E-state index in [4.69, 9.17) is 9.84 Å². The highest BCUT2D eigenvalue weighted by Gasteiger charge is 2.43. The van der Waals surface area contributed by atoms with Crippen LogP contribution in [0.25, 0.3) is 11.1 Å². The number of fused-ring (bicyclic) bond motifs is 3. The lowest BCUT2D eigenvalue weighted by Crippen LogP contribution is -2.35. The third kappa shape index (κ3) is 4.35. The van der Waals surface area contributed by atoms with Crippen molar-refractivity contribution < 1.29 is 24.2 Å². The van der Waals surface area contributed by atoms with Gasteiger partial charge in [0.25, 0.3) is 0 Å². The SMILES string of the molecule is O=C(NC1CC=C(C(=O)NCC2CC2C(=O)O)C1)OCC1c2ccccc2-c2ccccc21. The lowest BCUT2D eigenvalue weighted by Gasteiger charge is -2.17. The molecule has 1 saturated carbocycles. The number of carbonyl (C=O) groups excluding carboxylic acids is 2. The average Bonchev–Trinajstić information content (AvgIpc) is 3.35. The van der Waals surface area contributed by atoms with E-state index in [0.29, 0.717) is 31.4 Å². The van der Waals surface area contributed by atoms with Gasteiger partial charge in [0.2, 0.25) is 5.91 Å². The van der Waals surface area contributed by atoms with E-state index in [0.717, 1.165) is 11.1 Å². The molecule has 7 nitrogen and oxygen atoms in total. The van der Waals surface area contributed by atoms with Gasteiger partial charge in [-0.15, -0.1) is 0 Å². The van der Waals surface area contributed by atoms with Crippen molar-refractivity contribution in [1.29, 1.82) is 0 Å². The van der Waals surface area contributed by atoms with Crippen LogP contribution in [-0.4, -0.2) is 42.3 Å². The number of alkyl carbamates (subject to hydrolysis) is 1. The van der Waals surface area contributed by atoms with Gasteiger partial charge in [-0.05, 0) is 47.4 Å². The van der Waals surface area contributed by atoms with Crippen LogP contribution in [0.5, 0.6) is 0 Å². The van der Waals surface area contributed by atoms with E-state index < -0.39 is 12.1 Å². The summed E-state index contributed by atoms with van der Waals surface area (Å²) in [5.41, 5.74) is 5.30. The quantitative estimate of drug-likeness (QED) is 0.604. The third-order valence-electron chi connectivity index (χ3n) is 6.84. The van der Waals surface area contributed by atoms with E-state index >= 15 is 0 Å². The molecule has 0 aliphatic heterocycles. The summed E-state index contributed by atoms with van der Waals surface area (Å²) in [7, 11) is 0. The zero-order valence-corrected chi connectivity index (χ0v) is 18.1. The molecule has 5 rings (SSSR count). The Balaban J connectivity index is 1.10. The van der Waals surface area contributed by atoms with Gasteiger partial charge in [0.05, 0.1) is 5.92 Å². The first-order valence-corrected chi connectivity index (χ1v) is 11.3. The molecule has 3 aliphatic carbocycles. The highest BCUT2D eigenvalue weighted by molar-refractivity contribution is 5.94. The maximum atomic E-state index is 12.5. The van der Waals surface area contributed by atoms with Gasteiger partial charge in [0.15, 0.2) is 0 Å². The summed E-state index contributed by atoms with van der Waals surface area (Å²) in [6.45, 7) is 0.622. The molecule has 2 aromatic rings. The summed E-state index contributed by atoms with van der Waals surface area (Å²) in [6.07, 6.45) is 2.95. The fraction of sp³-hybridized carbons (Fsp3) is 0.346. The monoisotopic (exact) mass is 446 g/mol. The molecule has 0 aromatic heterocycles. The molecule has 0 radical (unpaired) electrons. The molecule has 0 bridgehead atoms. The van der Waals surface area contributed by atoms with Gasteiger partial charge in [0, 0.05) is 24.1 Å². The normalized spacial score (nSPS) is 22.7. The van der Waals surface area contributed by atoms with Crippen LogP contribution < -0.4 is 10.6 Å². The number of carboxylic acid groups (broad SMARTS) is 1. The van der Waals surface area contributed by atoms with Gasteiger partial charge in [-0.3, -0.25) is 9.59 Å². The van der Waals surface area contributed by atoms with Gasteiger partial charge in [0.1, 0.15) is 6.61 Å². The number of ether oxygens (including phenoxy) is 1. The summed E-state index contributed by atoms with van der Waals surface area (Å²) < 4.78 is 5.59. The highest BCUT2D eigenvalue weighted by atomic mass is 16.5. The zero-order valence-electron chi connectivity index (χ0n) is 18.1. The summed E-state index contributed by atoms with van der Waals surface area (Å²) in [5, 5.41) is 14.6. The van der Waals surface area contributed by atoms with Crippen LogP contribution in [0.1, 0.15) is 36.3 Å². The van der Waals surface area contributed by atoms with Crippen LogP contribution in [0.4, 0.5) is 4.79 Å². The molecule has 0 spiro atoms. The minimum absolute atomic E-state index is 0.00300. The standard InChI is InChI=1S/C26H26N2O5/c29-24(27-13-16-12-22(16)25(30)31)15-9-10-17(11-15)28-26(32)33-14-23-20-7-3-1-5-18(20)19-6-2-4-8-21(19)23/h1-9,16-17,22-23H,10-14H2,(H,27,29)(H,28,32)(H,30,31). The molecule has 3 unspecified atom stereocenters. The maximum Gasteiger partial charge on any atom is 0.407 e. The molecule has 0 heterocycles. The number of carboxylic acids is 1. The number of rotatable bonds is 7. The van der Waals surface area contributed by atoms with Crippen molar-refractivity contribution in [3.8, 4) is 11.1 Å². The first-order chi connectivity index (χ1) is 16.0. The zero-order chi connectivity index (χ0) is 22.9. The number of hydrogen-bond donors (Lipinski definition) is 3. The van der Waals surface area contributed by atoms with Gasteiger partial charge >= 0.3 is 12.1 Å². The first-order valence-electron chi connectivity index (χ1n) is 11.3. The van der Waals surface area contributed by atoms with Crippen molar-refractivity contribution in [3.63, 3.8) is 0 Å². The maximum absolute atomic E-state index is 12.5. The van der Waals surface area contributed by atoms with E-state index in [-0.39, 0.29) is 36.3 Å². The Morgan fingerprint density at radius 2 is 1.67 bits per heavy atom. The second-order valence-corrected chi connectivity index (χ2v) is 8.99. The topological polar surface area (TPSA) is 105 Å². The van der Waals surface area contributed by atoms with E-state index in [9.17, 15) is 14.4 Å². The van der Waals surface area contributed by atoms with E-state index in [2.05, 4.69) is 34.9 Å². The minimum atomic E-state index is -0.804. The molecule has 2 amide bonds. The molecular weight excluding hydrogens is 420 g/mol. The van der Waals surface area contributed by atoms with E-state index in [1.54, 1.807) is 0 Å². The van der Waals surface area contributed by atoms with Crippen molar-refractivity contribution in [1.82, 2.24) is 10.6 Å². The van der Waals surface area contributed by atoms with Crippen molar-refractivity contribution in [3.05, 3.63) is 71.3 Å². The van der Waals surface area contributed by atoms with Crippen molar-refractivity contribution in [2.24, 2.45) is 11.8 Å². The number of carbonyl (C=O) groups is 3. The Hall–Kier alpha value is -3.61. The Bertz CT molecular complexity index is 1100. The molecule has 2 aromatic carbocycles. The van der Waals surface area contributed by atoms with Crippen LogP contribution in [0.3, 0.4) is 0 Å². The van der Waals surface area contributed by atoms with Crippen molar-refractivity contribution >= 4 is 18.0 Å². The second-order valence-electron chi connectivity index (χ2n) is 8.99. The fourth-order valence-corrected chi connectivity index (χ4v) is 4.93. The fourth-order valence-electron chi connectivity index (χ4n) is 4.93. The van der Waals surface area contributed by atoms with Gasteiger partial charge in [-0.1, -0.05) is 54.6 Å². The number of nitrogens with one attached hydrogen (secondary N) is 2. The first kappa shape index (κ1) is 21.2. The van der Waals surface area contributed by atoms with Crippen LogP contribution in [0.2, 0.25) is 0 Å². The predicted molar refractivity (Wildman–Crippen MR) is 122 cm³/mol. The van der Waals surface area contributed by atoms with Crippen LogP contribution in [0, 0.1) is 11.8 Å². The van der Waals surface area contributed by atoms with Crippen molar-refractivity contribution in [2.75, 3.05) is 13.2 Å². The Labute approximate surface area is 191 Å². The number of hydrogen-bond acceptors (Lipinski definition) is 4. The van der Waals surface area contributed by atoms with Crippen LogP contribution in [0.15, 0.2) is 60.2 Å². The molecule has 33 heavy (non-hydrogen) atoms. The smallest absolute Gasteiger partial charge is 0.407 e. The van der Waals surface area contributed by atoms with Gasteiger partial charge < -0.3 is 20.5 Å². The predicted octanol–water partition coefficient (Wildman–Crippen LogP) is 3.45. The molecular formula is C26H26N2O5. The molecule has 0 saturated heterocycles. The summed E-state index contributed by atoms with van der Waals surface area (Å²) in [4.78, 5) is 35.7. The Kier molecular flexibility index (Phi) is 5.62.